The van der Waals surface area contributed by atoms with Gasteiger partial charge < -0.3 is 0 Å². The van der Waals surface area contributed by atoms with Gasteiger partial charge in [0.1, 0.15) is 0 Å². The first-order valence-electron chi connectivity index (χ1n) is 1.52. The lowest BCUT2D eigenvalue weighted by molar-refractivity contribution is 1.28. The van der Waals surface area contributed by atoms with Gasteiger partial charge in [0.05, 0.1) is 5.88 Å². The fourth-order valence-electron chi connectivity index (χ4n) is 0. The monoisotopic (exact) mass is 192 g/mol. The van der Waals surface area contributed by atoms with E-state index in [0.29, 0.717) is 0 Å². The third-order valence-electron chi connectivity index (χ3n) is 0.152. The second kappa shape index (κ2) is 5.85. The van der Waals surface area contributed by atoms with E-state index in [-0.39, 0.29) is 5.88 Å². The van der Waals surface area contributed by atoms with Gasteiger partial charge in [0, 0.05) is 0 Å². The second-order valence-electron chi connectivity index (χ2n) is 0.749. The molecule has 48 valence electrons. The maximum atomic E-state index is 5.12. The van der Waals surface area contributed by atoms with Gasteiger partial charge in [-0.25, -0.2) is 0 Å². The second-order valence-corrected chi connectivity index (χ2v) is 3.53. The van der Waals surface area contributed by atoms with Gasteiger partial charge >= 0.3 is 0 Å². The number of rotatable bonds is 0. The van der Waals surface area contributed by atoms with Crippen LogP contribution in [0, 0.1) is 12.8 Å². The highest BCUT2D eigenvalue weighted by Crippen LogP contribution is 2.26. The van der Waals surface area contributed by atoms with Crippen molar-refractivity contribution < 1.29 is 0 Å². The summed E-state index contributed by atoms with van der Waals surface area (Å²) in [6.07, 6.45) is 8.00. The Hall–Kier alpha value is 0.720. The topological polar surface area (TPSA) is 0 Å². The standard InChI is InChI=1S/C2H2Cl4.C2H2/c3-1-2(4,5)6;1-2/h1H2;1-2H. The number of alkyl halides is 4. The number of hydrogen-bond donors (Lipinski definition) is 0. The lowest BCUT2D eigenvalue weighted by Crippen LogP contribution is -2.01. The average Bonchev–Trinajstić information content (AvgIpc) is 1.71. The molecular formula is C4H4Cl4. The number of terminal acetylenes is 1. The highest BCUT2D eigenvalue weighted by atomic mass is 35.6. The van der Waals surface area contributed by atoms with Crippen molar-refractivity contribution in [2.45, 2.75) is 3.79 Å². The smallest absolute Gasteiger partial charge is 0.124 e. The molecule has 0 amide bonds. The van der Waals surface area contributed by atoms with Gasteiger partial charge in [-0.05, 0) is 0 Å². The van der Waals surface area contributed by atoms with Crippen molar-refractivity contribution in [3.05, 3.63) is 0 Å². The molecule has 8 heavy (non-hydrogen) atoms. The lowest BCUT2D eigenvalue weighted by atomic mass is 10.9. The Kier molecular flexibility index (Phi) is 8.41. The maximum absolute atomic E-state index is 5.12. The summed E-state index contributed by atoms with van der Waals surface area (Å²) in [5.74, 6) is 0.0394. The first-order valence-corrected chi connectivity index (χ1v) is 3.19. The molecule has 0 unspecified atom stereocenters. The van der Waals surface area contributed by atoms with Crippen molar-refractivity contribution in [3.63, 3.8) is 0 Å². The van der Waals surface area contributed by atoms with Gasteiger partial charge in [0.25, 0.3) is 0 Å². The molecular weight excluding hydrogens is 190 g/mol. The summed E-state index contributed by atoms with van der Waals surface area (Å²) in [5, 5.41) is 0. The van der Waals surface area contributed by atoms with Crippen molar-refractivity contribution in [1.82, 2.24) is 0 Å². The number of hydrogen-bond acceptors (Lipinski definition) is 0. The molecule has 0 spiro atoms. The molecule has 0 aliphatic rings. The van der Waals surface area contributed by atoms with Crippen molar-refractivity contribution >= 4 is 46.4 Å². The van der Waals surface area contributed by atoms with Crippen LogP contribution in [0.1, 0.15) is 0 Å². The Morgan fingerprint density at radius 3 is 1.25 bits per heavy atom. The van der Waals surface area contributed by atoms with Crippen LogP contribution < -0.4 is 0 Å². The Bertz CT molecular complexity index is 60.2. The van der Waals surface area contributed by atoms with Crippen LogP contribution in [0.3, 0.4) is 0 Å². The number of halogens is 4. The van der Waals surface area contributed by atoms with Crippen molar-refractivity contribution in [2.24, 2.45) is 0 Å². The summed E-state index contributed by atoms with van der Waals surface area (Å²) < 4.78 is -1.28. The highest BCUT2D eigenvalue weighted by Gasteiger charge is 2.16. The van der Waals surface area contributed by atoms with Crippen LogP contribution in [0.15, 0.2) is 0 Å². The predicted octanol–water partition coefficient (Wildman–Crippen LogP) is 2.84. The van der Waals surface area contributed by atoms with E-state index in [9.17, 15) is 0 Å². The summed E-state index contributed by atoms with van der Waals surface area (Å²) in [6.45, 7) is 0. The molecule has 4 heteroatoms. The zero-order valence-electron chi connectivity index (χ0n) is 3.87. The van der Waals surface area contributed by atoms with Crippen LogP contribution in [0.5, 0.6) is 0 Å². The van der Waals surface area contributed by atoms with Crippen molar-refractivity contribution in [3.8, 4) is 12.8 Å². The molecule has 0 rings (SSSR count). The molecule has 0 aliphatic carbocycles. The zero-order chi connectivity index (χ0) is 7.21. The minimum absolute atomic E-state index is 0.0394. The van der Waals surface area contributed by atoms with Crippen LogP contribution in [-0.2, 0) is 0 Å². The van der Waals surface area contributed by atoms with Crippen LogP contribution in [-0.4, -0.2) is 9.67 Å². The Morgan fingerprint density at radius 1 is 1.12 bits per heavy atom. The van der Waals surface area contributed by atoms with Gasteiger partial charge in [-0.1, -0.05) is 34.8 Å². The van der Waals surface area contributed by atoms with Gasteiger partial charge in [0.15, 0.2) is 0 Å². The Balaban J connectivity index is 0. The largest absolute Gasteiger partial charge is 0.203 e. The van der Waals surface area contributed by atoms with Crippen LogP contribution in [0.2, 0.25) is 0 Å². The quantitative estimate of drug-likeness (QED) is 0.410. The van der Waals surface area contributed by atoms with E-state index in [4.69, 9.17) is 46.4 Å². The fourth-order valence-corrected chi connectivity index (χ4v) is 0. The molecule has 0 saturated carbocycles. The normalized spacial score (nSPS) is 9.25. The summed E-state index contributed by atoms with van der Waals surface area (Å²) in [7, 11) is 0. The van der Waals surface area contributed by atoms with Crippen LogP contribution in [0.25, 0.3) is 0 Å². The van der Waals surface area contributed by atoms with E-state index in [2.05, 4.69) is 12.8 Å². The molecule has 0 fully saturated rings. The molecule has 0 bridgehead atoms. The maximum Gasteiger partial charge on any atom is 0.203 e. The first kappa shape index (κ1) is 11.5. The van der Waals surface area contributed by atoms with E-state index in [1.54, 1.807) is 0 Å². The van der Waals surface area contributed by atoms with Gasteiger partial charge in [-0.2, -0.15) is 0 Å². The molecule has 0 radical (unpaired) electrons. The molecule has 0 aliphatic heterocycles. The third kappa shape index (κ3) is 15.9. The summed E-state index contributed by atoms with van der Waals surface area (Å²) in [5.41, 5.74) is 0. The van der Waals surface area contributed by atoms with E-state index in [1.165, 1.54) is 0 Å². The summed E-state index contributed by atoms with van der Waals surface area (Å²) in [4.78, 5) is 0. The van der Waals surface area contributed by atoms with E-state index in [0.717, 1.165) is 0 Å². The third-order valence-corrected chi connectivity index (χ3v) is 1.36. The molecule has 0 nitrogen and oxygen atoms in total. The fraction of sp³-hybridized carbons (Fsp3) is 0.500. The molecule has 0 aromatic heterocycles. The highest BCUT2D eigenvalue weighted by molar-refractivity contribution is 6.69. The van der Waals surface area contributed by atoms with Crippen LogP contribution >= 0.6 is 46.4 Å². The van der Waals surface area contributed by atoms with Gasteiger partial charge in [-0.3, -0.25) is 0 Å². The average molecular weight is 194 g/mol. The molecule has 0 N–H and O–H groups in total. The van der Waals surface area contributed by atoms with E-state index < -0.39 is 3.79 Å². The van der Waals surface area contributed by atoms with E-state index >= 15 is 0 Å². The SMILES string of the molecule is C#C.ClCC(Cl)(Cl)Cl. The predicted molar refractivity (Wildman–Crippen MR) is 40.9 cm³/mol. The molecule has 0 aromatic carbocycles. The van der Waals surface area contributed by atoms with Gasteiger partial charge in [-0.15, -0.1) is 24.4 Å². The molecule has 0 aromatic rings. The lowest BCUT2D eigenvalue weighted by Gasteiger charge is -2.00. The van der Waals surface area contributed by atoms with E-state index in [1.807, 2.05) is 0 Å². The minimum atomic E-state index is -1.28. The molecule has 0 saturated heterocycles. The molecule has 0 heterocycles. The van der Waals surface area contributed by atoms with Crippen molar-refractivity contribution in [1.29, 1.82) is 0 Å². The zero-order valence-corrected chi connectivity index (χ0v) is 6.90. The Labute approximate surface area is 69.1 Å². The first-order chi connectivity index (χ1) is 3.56. The van der Waals surface area contributed by atoms with Crippen LogP contribution in [0.4, 0.5) is 0 Å². The summed E-state index contributed by atoms with van der Waals surface area (Å²) >= 11 is 20.4. The minimum Gasteiger partial charge on any atom is -0.124 e. The van der Waals surface area contributed by atoms with Gasteiger partial charge in [0.2, 0.25) is 3.79 Å². The Morgan fingerprint density at radius 2 is 1.25 bits per heavy atom. The molecule has 0 atom stereocenters. The summed E-state index contributed by atoms with van der Waals surface area (Å²) in [6, 6.07) is 0. The van der Waals surface area contributed by atoms with Crippen molar-refractivity contribution in [2.75, 3.05) is 5.88 Å².